The van der Waals surface area contributed by atoms with Crippen LogP contribution in [0.25, 0.3) is 33.2 Å². The molecule has 1 fully saturated rings. The molecular weight excluding hydrogens is 565 g/mol. The van der Waals surface area contributed by atoms with Crippen LogP contribution in [0, 0.1) is 0 Å². The Morgan fingerprint density at radius 2 is 1.83 bits per heavy atom. The molecular formula is C25H23F3N8O4S. The van der Waals surface area contributed by atoms with Crippen LogP contribution < -0.4 is 16.4 Å². The number of pyridine rings is 2. The highest BCUT2D eigenvalue weighted by molar-refractivity contribution is 7.13. The summed E-state index contributed by atoms with van der Waals surface area (Å²) in [5.74, 6) is -1.03. The van der Waals surface area contributed by atoms with E-state index < -0.39 is 29.7 Å². The molecule has 41 heavy (non-hydrogen) atoms. The molecule has 0 aromatic carbocycles. The average Bonchev–Trinajstić information content (AvgIpc) is 3.61. The summed E-state index contributed by atoms with van der Waals surface area (Å²) in [5, 5.41) is 10.1. The molecule has 1 aliphatic rings. The second-order valence-corrected chi connectivity index (χ2v) is 9.87. The van der Waals surface area contributed by atoms with Crippen molar-refractivity contribution in [3.05, 3.63) is 52.3 Å². The molecule has 0 radical (unpaired) electrons. The molecule has 1 aliphatic heterocycles. The molecule has 0 unspecified atom stereocenters. The van der Waals surface area contributed by atoms with Crippen molar-refractivity contribution < 1.29 is 27.2 Å². The van der Waals surface area contributed by atoms with Crippen LogP contribution in [0.5, 0.6) is 0 Å². The lowest BCUT2D eigenvalue weighted by Gasteiger charge is -2.25. The number of rotatable bonds is 5. The summed E-state index contributed by atoms with van der Waals surface area (Å²) in [6, 6.07) is 1.83. The maximum absolute atomic E-state index is 13.3. The zero-order chi connectivity index (χ0) is 29.1. The fraction of sp³-hybridized carbons (Fsp3) is 0.320. The van der Waals surface area contributed by atoms with Crippen LogP contribution in [-0.2, 0) is 6.18 Å². The van der Waals surface area contributed by atoms with Crippen LogP contribution >= 0.6 is 11.3 Å². The number of likely N-dealkylation sites (tertiary alicyclic amines) is 1. The standard InChI is InChI=1S/C25H23F3N8O4S/c1-2-30-22(37)33-19-9-16(21-32-18(13-41-21)25(26,27)28)17(12-31-19)14-8-15(11-29-10-14)20-34-36(24(39)40-20)23(38)35-6-4-3-5-7-35/h8-13H,2-7H2,1H3,(H2,30,31,33,37). The Kier molecular flexibility index (Phi) is 7.83. The van der Waals surface area contributed by atoms with Crippen LogP contribution in [0.2, 0.25) is 0 Å². The third kappa shape index (κ3) is 6.11. The lowest BCUT2D eigenvalue weighted by molar-refractivity contribution is -0.140. The predicted molar refractivity (Wildman–Crippen MR) is 142 cm³/mol. The van der Waals surface area contributed by atoms with Gasteiger partial charge in [-0.05, 0) is 38.3 Å². The van der Waals surface area contributed by atoms with Crippen molar-refractivity contribution in [1.82, 2.24) is 34.9 Å². The number of thiazole rings is 1. The molecule has 4 aromatic rings. The number of urea groups is 1. The number of amides is 3. The molecule has 0 spiro atoms. The van der Waals surface area contributed by atoms with E-state index in [1.165, 1.54) is 29.6 Å². The van der Waals surface area contributed by atoms with E-state index in [2.05, 4.69) is 30.7 Å². The largest absolute Gasteiger partial charge is 0.446 e. The van der Waals surface area contributed by atoms with Gasteiger partial charge in [0.2, 0.25) is 0 Å². The lowest BCUT2D eigenvalue weighted by Crippen LogP contribution is -2.42. The first-order chi connectivity index (χ1) is 19.6. The fourth-order valence-corrected chi connectivity index (χ4v) is 5.07. The topological polar surface area (TPSA) is 148 Å². The second kappa shape index (κ2) is 11.5. The van der Waals surface area contributed by atoms with Gasteiger partial charge in [0, 0.05) is 60.3 Å². The van der Waals surface area contributed by atoms with Gasteiger partial charge in [0.25, 0.3) is 5.89 Å². The second-order valence-electron chi connectivity index (χ2n) is 9.01. The summed E-state index contributed by atoms with van der Waals surface area (Å²) >= 11 is 0.773. The van der Waals surface area contributed by atoms with Crippen LogP contribution in [0.4, 0.5) is 28.6 Å². The van der Waals surface area contributed by atoms with Gasteiger partial charge < -0.3 is 14.6 Å². The van der Waals surface area contributed by atoms with E-state index >= 15 is 0 Å². The van der Waals surface area contributed by atoms with Crippen LogP contribution in [-0.4, -0.2) is 61.3 Å². The molecule has 1 saturated heterocycles. The van der Waals surface area contributed by atoms with Crippen LogP contribution in [0.15, 0.2) is 45.3 Å². The van der Waals surface area contributed by atoms with Gasteiger partial charge in [-0.15, -0.1) is 21.1 Å². The van der Waals surface area contributed by atoms with E-state index in [1.807, 2.05) is 0 Å². The molecule has 0 aliphatic carbocycles. The van der Waals surface area contributed by atoms with Gasteiger partial charge in [-0.2, -0.15) is 13.2 Å². The molecule has 12 nitrogen and oxygen atoms in total. The van der Waals surface area contributed by atoms with Gasteiger partial charge in [-0.3, -0.25) is 10.3 Å². The van der Waals surface area contributed by atoms with Crippen molar-refractivity contribution in [3.63, 3.8) is 0 Å². The minimum atomic E-state index is -4.65. The third-order valence-corrected chi connectivity index (χ3v) is 7.04. The normalized spacial score (nSPS) is 13.7. The van der Waals surface area contributed by atoms with Gasteiger partial charge in [0.05, 0.1) is 5.56 Å². The summed E-state index contributed by atoms with van der Waals surface area (Å²) in [4.78, 5) is 51.0. The van der Waals surface area contributed by atoms with Gasteiger partial charge in [0.15, 0.2) is 5.69 Å². The summed E-state index contributed by atoms with van der Waals surface area (Å²) in [7, 11) is 0. The zero-order valence-corrected chi connectivity index (χ0v) is 22.4. The number of alkyl halides is 3. The first-order valence-electron chi connectivity index (χ1n) is 12.6. The molecule has 4 aromatic heterocycles. The summed E-state index contributed by atoms with van der Waals surface area (Å²) in [6.45, 7) is 3.10. The van der Waals surface area contributed by atoms with E-state index in [1.54, 1.807) is 13.0 Å². The van der Waals surface area contributed by atoms with Crippen LogP contribution in [0.3, 0.4) is 0 Å². The van der Waals surface area contributed by atoms with Crippen molar-refractivity contribution in [2.75, 3.05) is 25.0 Å². The van der Waals surface area contributed by atoms with Crippen molar-refractivity contribution in [2.24, 2.45) is 0 Å². The molecule has 2 N–H and O–H groups in total. The molecule has 5 heterocycles. The van der Waals surface area contributed by atoms with E-state index in [9.17, 15) is 27.6 Å². The number of carbonyl (C=O) groups is 2. The Labute approximate surface area is 234 Å². The minimum Gasteiger partial charge on any atom is -0.387 e. The molecule has 5 rings (SSSR count). The van der Waals surface area contributed by atoms with Gasteiger partial charge in [0.1, 0.15) is 10.8 Å². The highest BCUT2D eigenvalue weighted by Gasteiger charge is 2.34. The Morgan fingerprint density at radius 3 is 2.54 bits per heavy atom. The number of nitrogens with one attached hydrogen (secondary N) is 2. The van der Waals surface area contributed by atoms with Gasteiger partial charge in [-0.25, -0.2) is 24.4 Å². The third-order valence-electron chi connectivity index (χ3n) is 6.16. The van der Waals surface area contributed by atoms with Crippen molar-refractivity contribution in [3.8, 4) is 33.2 Å². The highest BCUT2D eigenvalue weighted by atomic mass is 32.1. The zero-order valence-electron chi connectivity index (χ0n) is 21.6. The average molecular weight is 589 g/mol. The number of halogens is 3. The predicted octanol–water partition coefficient (Wildman–Crippen LogP) is 4.70. The first-order valence-corrected chi connectivity index (χ1v) is 13.4. The molecule has 0 bridgehead atoms. The fourth-order valence-electron chi connectivity index (χ4n) is 4.22. The SMILES string of the molecule is CCNC(=O)Nc1cc(-c2nc(C(F)(F)F)cs2)c(-c2cncc(-c3nn(C(=O)N4CCCCC4)c(=O)o3)c2)cn1. The Balaban J connectivity index is 1.53. The summed E-state index contributed by atoms with van der Waals surface area (Å²) in [5.41, 5.74) is 0.165. The van der Waals surface area contributed by atoms with Crippen molar-refractivity contribution >= 4 is 29.2 Å². The quantitative estimate of drug-likeness (QED) is 0.341. The number of hydrogen-bond acceptors (Lipinski definition) is 9. The number of hydrogen-bond donors (Lipinski definition) is 2. The number of nitrogens with zero attached hydrogens (tertiary/aromatic N) is 6. The molecule has 214 valence electrons. The summed E-state index contributed by atoms with van der Waals surface area (Å²) < 4.78 is 45.8. The Morgan fingerprint density at radius 1 is 1.07 bits per heavy atom. The van der Waals surface area contributed by atoms with Gasteiger partial charge >= 0.3 is 24.0 Å². The Hall–Kier alpha value is -4.60. The van der Waals surface area contributed by atoms with Crippen LogP contribution in [0.1, 0.15) is 31.9 Å². The number of carbonyl (C=O) groups excluding carboxylic acids is 2. The van der Waals surface area contributed by atoms with Crippen molar-refractivity contribution in [2.45, 2.75) is 32.4 Å². The van der Waals surface area contributed by atoms with E-state index in [0.29, 0.717) is 35.4 Å². The highest BCUT2D eigenvalue weighted by Crippen LogP contribution is 2.38. The number of piperidine rings is 1. The summed E-state index contributed by atoms with van der Waals surface area (Å²) in [6.07, 6.45) is 2.18. The first kappa shape index (κ1) is 27.9. The maximum Gasteiger partial charge on any atom is 0.446 e. The van der Waals surface area contributed by atoms with E-state index in [-0.39, 0.29) is 27.8 Å². The minimum absolute atomic E-state index is 0.0296. The van der Waals surface area contributed by atoms with Crippen molar-refractivity contribution in [1.29, 1.82) is 0 Å². The smallest absolute Gasteiger partial charge is 0.387 e. The maximum atomic E-state index is 13.3. The molecule has 16 heteroatoms. The Bertz CT molecular complexity index is 1640. The number of anilines is 1. The monoisotopic (exact) mass is 588 g/mol. The van der Waals surface area contributed by atoms with E-state index in [0.717, 1.165) is 36.0 Å². The molecule has 0 saturated carbocycles. The van der Waals surface area contributed by atoms with Gasteiger partial charge in [-0.1, -0.05) is 0 Å². The van der Waals surface area contributed by atoms with E-state index in [4.69, 9.17) is 4.42 Å². The lowest BCUT2D eigenvalue weighted by atomic mass is 10.0. The number of aromatic nitrogens is 5. The molecule has 0 atom stereocenters. The molecule has 3 amide bonds.